The van der Waals surface area contributed by atoms with Crippen LogP contribution in [0.15, 0.2) is 76.0 Å². The zero-order valence-electron chi connectivity index (χ0n) is 19.0. The van der Waals surface area contributed by atoms with Crippen molar-refractivity contribution in [3.05, 3.63) is 89.2 Å². The SMILES string of the molecule is Cc1ccc2nc(C3CCCN3C(=O)c3ccc(NC4=NS(=O)(=O)c5ccccc54)cc3)[nH]c2c1. The summed E-state index contributed by atoms with van der Waals surface area (Å²) in [6.07, 6.45) is 1.78. The molecule has 0 bridgehead atoms. The quantitative estimate of drug-likeness (QED) is 0.447. The second-order valence-electron chi connectivity index (χ2n) is 8.91. The Labute approximate surface area is 202 Å². The fourth-order valence-corrected chi connectivity index (χ4v) is 5.97. The fourth-order valence-electron chi connectivity index (χ4n) is 4.79. The second-order valence-corrected chi connectivity index (χ2v) is 10.5. The molecule has 1 unspecified atom stereocenters. The van der Waals surface area contributed by atoms with E-state index < -0.39 is 10.0 Å². The van der Waals surface area contributed by atoms with Crippen LogP contribution in [0.25, 0.3) is 11.0 Å². The number of carbonyl (C=O) groups is 1. The number of likely N-dealkylation sites (tertiary alicyclic amines) is 1. The maximum absolute atomic E-state index is 13.4. The number of imidazole rings is 1. The number of amidine groups is 1. The van der Waals surface area contributed by atoms with Crippen LogP contribution in [0.4, 0.5) is 5.69 Å². The van der Waals surface area contributed by atoms with Crippen LogP contribution in [-0.2, 0) is 10.0 Å². The smallest absolute Gasteiger partial charge is 0.285 e. The summed E-state index contributed by atoms with van der Waals surface area (Å²) in [4.78, 5) is 23.6. The molecule has 0 aliphatic carbocycles. The number of benzene rings is 3. The minimum Gasteiger partial charge on any atom is -0.340 e. The Morgan fingerprint density at radius 1 is 1.09 bits per heavy atom. The van der Waals surface area contributed by atoms with Gasteiger partial charge >= 0.3 is 0 Å². The number of sulfonamides is 1. The Morgan fingerprint density at radius 2 is 1.89 bits per heavy atom. The van der Waals surface area contributed by atoms with Crippen LogP contribution in [0, 0.1) is 6.92 Å². The van der Waals surface area contributed by atoms with E-state index in [1.807, 2.05) is 24.0 Å². The third-order valence-corrected chi connectivity index (χ3v) is 7.85. The molecule has 0 spiro atoms. The van der Waals surface area contributed by atoms with Gasteiger partial charge in [-0.15, -0.1) is 4.40 Å². The third-order valence-electron chi connectivity index (χ3n) is 6.51. The highest BCUT2D eigenvalue weighted by Crippen LogP contribution is 2.33. The van der Waals surface area contributed by atoms with E-state index in [1.165, 1.54) is 0 Å². The molecule has 35 heavy (non-hydrogen) atoms. The normalized spacial score (nSPS) is 18.5. The summed E-state index contributed by atoms with van der Waals surface area (Å²) in [5.41, 5.74) is 4.79. The van der Waals surface area contributed by atoms with Gasteiger partial charge in [0.25, 0.3) is 15.9 Å². The molecule has 176 valence electrons. The molecule has 4 aromatic rings. The molecule has 6 rings (SSSR count). The molecule has 1 fully saturated rings. The van der Waals surface area contributed by atoms with Gasteiger partial charge < -0.3 is 15.2 Å². The molecule has 1 saturated heterocycles. The largest absolute Gasteiger partial charge is 0.340 e. The van der Waals surface area contributed by atoms with E-state index in [4.69, 9.17) is 4.98 Å². The lowest BCUT2D eigenvalue weighted by Crippen LogP contribution is -2.31. The van der Waals surface area contributed by atoms with Gasteiger partial charge in [0.1, 0.15) is 10.7 Å². The van der Waals surface area contributed by atoms with E-state index in [-0.39, 0.29) is 22.7 Å². The van der Waals surface area contributed by atoms with Crippen molar-refractivity contribution in [1.82, 2.24) is 14.9 Å². The van der Waals surface area contributed by atoms with Gasteiger partial charge in [0.15, 0.2) is 5.84 Å². The van der Waals surface area contributed by atoms with E-state index in [0.717, 1.165) is 35.3 Å². The monoisotopic (exact) mass is 485 g/mol. The van der Waals surface area contributed by atoms with Crippen molar-refractivity contribution >= 4 is 38.5 Å². The molecular formula is C26H23N5O3S. The Kier molecular flexibility index (Phi) is 4.96. The lowest BCUT2D eigenvalue weighted by atomic mass is 10.1. The first-order chi connectivity index (χ1) is 16.9. The van der Waals surface area contributed by atoms with Crippen LogP contribution in [0.3, 0.4) is 0 Å². The van der Waals surface area contributed by atoms with Crippen molar-refractivity contribution in [3.63, 3.8) is 0 Å². The molecule has 2 aliphatic rings. The Bertz CT molecular complexity index is 1610. The van der Waals surface area contributed by atoms with E-state index in [2.05, 4.69) is 20.8 Å². The number of aromatic nitrogens is 2. The molecule has 1 amide bonds. The number of aryl methyl sites for hydroxylation is 1. The van der Waals surface area contributed by atoms with Crippen molar-refractivity contribution in [2.45, 2.75) is 30.7 Å². The van der Waals surface area contributed by atoms with Crippen molar-refractivity contribution < 1.29 is 13.2 Å². The van der Waals surface area contributed by atoms with Crippen molar-refractivity contribution in [3.8, 4) is 0 Å². The molecule has 0 radical (unpaired) electrons. The summed E-state index contributed by atoms with van der Waals surface area (Å²) in [6.45, 7) is 2.71. The molecule has 8 nitrogen and oxygen atoms in total. The summed E-state index contributed by atoms with van der Waals surface area (Å²) in [6, 6.07) is 19.7. The van der Waals surface area contributed by atoms with Gasteiger partial charge in [-0.1, -0.05) is 18.2 Å². The molecule has 2 aliphatic heterocycles. The maximum Gasteiger partial charge on any atom is 0.285 e. The van der Waals surface area contributed by atoms with Gasteiger partial charge in [0.05, 0.1) is 17.1 Å². The van der Waals surface area contributed by atoms with Gasteiger partial charge in [0, 0.05) is 23.4 Å². The number of hydrogen-bond acceptors (Lipinski definition) is 5. The molecule has 9 heteroatoms. The first kappa shape index (κ1) is 21.5. The van der Waals surface area contributed by atoms with Crippen molar-refractivity contribution in [2.24, 2.45) is 4.40 Å². The summed E-state index contributed by atoms with van der Waals surface area (Å²) in [5, 5.41) is 3.07. The van der Waals surface area contributed by atoms with E-state index in [0.29, 0.717) is 23.4 Å². The number of nitrogens with zero attached hydrogens (tertiary/aromatic N) is 3. The van der Waals surface area contributed by atoms with Gasteiger partial charge in [-0.25, -0.2) is 4.98 Å². The second kappa shape index (κ2) is 8.06. The number of nitrogens with one attached hydrogen (secondary N) is 2. The summed E-state index contributed by atoms with van der Waals surface area (Å²) < 4.78 is 28.4. The van der Waals surface area contributed by atoms with Gasteiger partial charge in [-0.2, -0.15) is 8.42 Å². The summed E-state index contributed by atoms with van der Waals surface area (Å²) >= 11 is 0. The number of fused-ring (bicyclic) bond motifs is 2. The molecule has 2 N–H and O–H groups in total. The Hall–Kier alpha value is -3.98. The van der Waals surface area contributed by atoms with Crippen LogP contribution >= 0.6 is 0 Å². The number of hydrogen-bond donors (Lipinski definition) is 2. The van der Waals surface area contributed by atoms with Crippen LogP contribution in [0.2, 0.25) is 0 Å². The standard InChI is InChI=1S/C26H23N5O3S/c1-16-8-13-20-21(15-16)29-25(28-20)22-6-4-14-31(22)26(32)17-9-11-18(12-10-17)27-24-19-5-2-3-7-23(19)35(33,34)30-24/h2-3,5,7-13,15,22H,4,6,14H2,1H3,(H,27,30)(H,28,29). The van der Waals surface area contributed by atoms with Gasteiger partial charge in [-0.3, -0.25) is 4.79 Å². The van der Waals surface area contributed by atoms with Crippen molar-refractivity contribution in [1.29, 1.82) is 0 Å². The average Bonchev–Trinajstić information content (AvgIpc) is 3.55. The average molecular weight is 486 g/mol. The van der Waals surface area contributed by atoms with Gasteiger partial charge in [0.2, 0.25) is 0 Å². The zero-order valence-corrected chi connectivity index (χ0v) is 19.8. The maximum atomic E-state index is 13.4. The first-order valence-corrected chi connectivity index (χ1v) is 12.9. The molecule has 1 aromatic heterocycles. The number of aromatic amines is 1. The zero-order chi connectivity index (χ0) is 24.2. The molecule has 3 aromatic carbocycles. The Morgan fingerprint density at radius 3 is 2.71 bits per heavy atom. The minimum atomic E-state index is -3.70. The van der Waals surface area contributed by atoms with Crippen molar-refractivity contribution in [2.75, 3.05) is 11.9 Å². The fraction of sp³-hybridized carbons (Fsp3) is 0.192. The number of H-pyrrole nitrogens is 1. The minimum absolute atomic E-state index is 0.0539. The topological polar surface area (TPSA) is 108 Å². The first-order valence-electron chi connectivity index (χ1n) is 11.5. The highest BCUT2D eigenvalue weighted by Gasteiger charge is 2.33. The number of carbonyl (C=O) groups excluding carboxylic acids is 1. The lowest BCUT2D eigenvalue weighted by molar-refractivity contribution is 0.0730. The molecule has 0 saturated carbocycles. The van der Waals surface area contributed by atoms with Crippen LogP contribution < -0.4 is 5.32 Å². The predicted octanol–water partition coefficient (Wildman–Crippen LogP) is 4.41. The highest BCUT2D eigenvalue weighted by atomic mass is 32.2. The van der Waals surface area contributed by atoms with E-state index in [1.54, 1.807) is 48.5 Å². The summed E-state index contributed by atoms with van der Waals surface area (Å²) in [5.74, 6) is 1.04. The van der Waals surface area contributed by atoms with E-state index in [9.17, 15) is 13.2 Å². The van der Waals surface area contributed by atoms with Crippen LogP contribution in [-0.4, -0.2) is 41.6 Å². The number of amides is 1. The predicted molar refractivity (Wildman–Crippen MR) is 134 cm³/mol. The summed E-state index contributed by atoms with van der Waals surface area (Å²) in [7, 11) is -3.70. The molecule has 1 atom stereocenters. The highest BCUT2D eigenvalue weighted by molar-refractivity contribution is 7.90. The lowest BCUT2D eigenvalue weighted by Gasteiger charge is -2.23. The Balaban J connectivity index is 1.22. The van der Waals surface area contributed by atoms with Gasteiger partial charge in [-0.05, 0) is 73.9 Å². The van der Waals surface area contributed by atoms with E-state index >= 15 is 0 Å². The van der Waals surface area contributed by atoms with Crippen LogP contribution in [0.1, 0.15) is 46.2 Å². The number of anilines is 1. The number of rotatable bonds is 3. The molecule has 3 heterocycles. The third kappa shape index (κ3) is 3.77. The van der Waals surface area contributed by atoms with Crippen LogP contribution in [0.5, 0.6) is 0 Å². The molecular weight excluding hydrogens is 462 g/mol.